The Bertz CT molecular complexity index is 1150. The van der Waals surface area contributed by atoms with Crippen LogP contribution in [0.3, 0.4) is 0 Å². The largest absolute Gasteiger partial charge is 0.501 e. The number of benzene rings is 2. The summed E-state index contributed by atoms with van der Waals surface area (Å²) in [6.45, 7) is 0.946. The maximum absolute atomic E-state index is 13.0. The molecule has 166 valence electrons. The van der Waals surface area contributed by atoms with Gasteiger partial charge in [-0.1, -0.05) is 42.5 Å². The Morgan fingerprint density at radius 1 is 1.19 bits per heavy atom. The van der Waals surface area contributed by atoms with Gasteiger partial charge in [0.05, 0.1) is 6.04 Å². The number of hydrogen-bond donors (Lipinski definition) is 3. The number of likely N-dealkylation sites (tertiary alicyclic amines) is 1. The number of aromatic nitrogens is 2. The van der Waals surface area contributed by atoms with Crippen molar-refractivity contribution in [3.8, 4) is 5.75 Å². The van der Waals surface area contributed by atoms with E-state index in [-0.39, 0.29) is 24.1 Å². The molecular formula is C24H25FN4O3. The number of halogens is 1. The van der Waals surface area contributed by atoms with Gasteiger partial charge in [0.25, 0.3) is 11.5 Å². The van der Waals surface area contributed by atoms with Gasteiger partial charge in [0.15, 0.2) is 5.69 Å². The zero-order valence-electron chi connectivity index (χ0n) is 17.7. The van der Waals surface area contributed by atoms with Crippen LogP contribution in [0.2, 0.25) is 0 Å². The van der Waals surface area contributed by atoms with E-state index in [9.17, 15) is 19.1 Å². The van der Waals surface area contributed by atoms with Crippen molar-refractivity contribution in [2.45, 2.75) is 25.4 Å². The van der Waals surface area contributed by atoms with E-state index in [0.717, 1.165) is 19.4 Å². The average molecular weight is 436 g/mol. The van der Waals surface area contributed by atoms with E-state index in [1.165, 1.54) is 17.7 Å². The molecule has 8 heteroatoms. The van der Waals surface area contributed by atoms with E-state index in [4.69, 9.17) is 0 Å². The minimum absolute atomic E-state index is 0.116. The summed E-state index contributed by atoms with van der Waals surface area (Å²) in [6, 6.07) is 15.7. The highest BCUT2D eigenvalue weighted by atomic mass is 19.1. The van der Waals surface area contributed by atoms with E-state index in [0.29, 0.717) is 17.3 Å². The molecule has 1 saturated heterocycles. The number of nitrogens with one attached hydrogen (secondary N) is 2. The molecule has 2 unspecified atom stereocenters. The Balaban J connectivity index is 1.49. The number of carbonyl (C=O) groups is 1. The average Bonchev–Trinajstić information content (AvgIpc) is 3.15. The lowest BCUT2D eigenvalue weighted by atomic mass is 9.96. The summed E-state index contributed by atoms with van der Waals surface area (Å²) in [7, 11) is 1.96. The number of amides is 1. The number of carbonyl (C=O) groups excluding carboxylic acids is 1. The first-order chi connectivity index (χ1) is 15.4. The first kappa shape index (κ1) is 21.7. The van der Waals surface area contributed by atoms with Crippen molar-refractivity contribution >= 4 is 5.91 Å². The molecule has 0 saturated carbocycles. The van der Waals surface area contributed by atoms with Gasteiger partial charge >= 0.3 is 0 Å². The van der Waals surface area contributed by atoms with Crippen molar-refractivity contribution < 1.29 is 14.3 Å². The Hall–Kier alpha value is -3.52. The second-order valence-electron chi connectivity index (χ2n) is 8.20. The lowest BCUT2D eigenvalue weighted by Crippen LogP contribution is -2.29. The summed E-state index contributed by atoms with van der Waals surface area (Å²) in [5, 5.41) is 12.8. The molecule has 2 aromatic carbocycles. The first-order valence-electron chi connectivity index (χ1n) is 10.5. The van der Waals surface area contributed by atoms with Gasteiger partial charge in [0.2, 0.25) is 5.75 Å². The molecule has 3 aromatic rings. The van der Waals surface area contributed by atoms with Crippen molar-refractivity contribution in [2.75, 3.05) is 13.6 Å². The molecule has 0 spiro atoms. The number of rotatable bonds is 6. The van der Waals surface area contributed by atoms with Crippen LogP contribution in [0.4, 0.5) is 4.39 Å². The fraction of sp³-hybridized carbons (Fsp3) is 0.292. The molecule has 32 heavy (non-hydrogen) atoms. The molecule has 1 amide bonds. The summed E-state index contributed by atoms with van der Waals surface area (Å²) in [4.78, 5) is 34.0. The van der Waals surface area contributed by atoms with E-state index in [2.05, 4.69) is 32.3 Å². The maximum Gasteiger partial charge on any atom is 0.293 e. The molecule has 0 aliphatic carbocycles. The molecule has 2 heterocycles. The van der Waals surface area contributed by atoms with Crippen molar-refractivity contribution in [1.29, 1.82) is 0 Å². The molecule has 1 aliphatic heterocycles. The molecule has 3 N–H and O–H groups in total. The molecule has 1 aromatic heterocycles. The molecular weight excluding hydrogens is 411 g/mol. The quantitative estimate of drug-likeness (QED) is 0.552. The summed E-state index contributed by atoms with van der Waals surface area (Å²) >= 11 is 0. The molecule has 1 fully saturated rings. The summed E-state index contributed by atoms with van der Waals surface area (Å²) < 4.78 is 13.0. The third-order valence-electron chi connectivity index (χ3n) is 5.81. The standard InChI is InChI=1S/C24H25FN4O3/c1-29-14-17(11-15-5-3-2-4-6-15)12-19(29)22-27-20(21(30)24(32)28-22)23(31)26-13-16-7-9-18(25)10-8-16/h2-10,17,19,30H,11-14H2,1H3,(H,26,31)(H,27,28,32). The van der Waals surface area contributed by atoms with Crippen LogP contribution >= 0.6 is 0 Å². The van der Waals surface area contributed by atoms with Gasteiger partial charge in [-0.3, -0.25) is 14.5 Å². The minimum Gasteiger partial charge on any atom is -0.501 e. The minimum atomic E-state index is -0.748. The van der Waals surface area contributed by atoms with Gasteiger partial charge in [0, 0.05) is 13.1 Å². The van der Waals surface area contributed by atoms with Crippen molar-refractivity contribution in [2.24, 2.45) is 5.92 Å². The van der Waals surface area contributed by atoms with E-state index >= 15 is 0 Å². The first-order valence-corrected chi connectivity index (χ1v) is 10.5. The van der Waals surface area contributed by atoms with Crippen LogP contribution < -0.4 is 10.9 Å². The van der Waals surface area contributed by atoms with E-state index in [1.54, 1.807) is 12.1 Å². The summed E-state index contributed by atoms with van der Waals surface area (Å²) in [5.41, 5.74) is 0.871. The smallest absolute Gasteiger partial charge is 0.293 e. The third kappa shape index (κ3) is 4.86. The zero-order chi connectivity index (χ0) is 22.7. The second-order valence-corrected chi connectivity index (χ2v) is 8.20. The van der Waals surface area contributed by atoms with Crippen molar-refractivity contribution in [3.05, 3.63) is 93.4 Å². The molecule has 2 atom stereocenters. The Kier molecular flexibility index (Phi) is 6.32. The van der Waals surface area contributed by atoms with Crippen LogP contribution in [-0.2, 0) is 13.0 Å². The van der Waals surface area contributed by atoms with Gasteiger partial charge in [-0.2, -0.15) is 0 Å². The monoisotopic (exact) mass is 436 g/mol. The summed E-state index contributed by atoms with van der Waals surface area (Å²) in [6.07, 6.45) is 1.69. The van der Waals surface area contributed by atoms with Gasteiger partial charge in [-0.15, -0.1) is 0 Å². The number of H-pyrrole nitrogens is 1. The van der Waals surface area contributed by atoms with Crippen molar-refractivity contribution in [3.63, 3.8) is 0 Å². The van der Waals surface area contributed by atoms with E-state index < -0.39 is 17.2 Å². The van der Waals surface area contributed by atoms with Gasteiger partial charge < -0.3 is 15.4 Å². The normalized spacial score (nSPS) is 18.6. The predicted octanol–water partition coefficient (Wildman–Crippen LogP) is 2.78. The van der Waals surface area contributed by atoms with Crippen LogP contribution in [0.5, 0.6) is 5.75 Å². The fourth-order valence-electron chi connectivity index (χ4n) is 4.19. The van der Waals surface area contributed by atoms with Gasteiger partial charge in [-0.05, 0) is 49.1 Å². The highest BCUT2D eigenvalue weighted by Crippen LogP contribution is 2.34. The van der Waals surface area contributed by atoms with Gasteiger partial charge in [0.1, 0.15) is 11.6 Å². The molecule has 0 bridgehead atoms. The Labute approximate surface area is 184 Å². The van der Waals surface area contributed by atoms with Crippen LogP contribution in [0, 0.1) is 11.7 Å². The zero-order valence-corrected chi connectivity index (χ0v) is 17.7. The van der Waals surface area contributed by atoms with Crippen LogP contribution in [-0.4, -0.2) is 39.5 Å². The summed E-state index contributed by atoms with van der Waals surface area (Å²) in [5.74, 6) is -1.02. The molecule has 0 radical (unpaired) electrons. The molecule has 4 rings (SSSR count). The van der Waals surface area contributed by atoms with Crippen molar-refractivity contribution in [1.82, 2.24) is 20.2 Å². The third-order valence-corrected chi connectivity index (χ3v) is 5.81. The lowest BCUT2D eigenvalue weighted by molar-refractivity contribution is 0.0941. The van der Waals surface area contributed by atoms with Crippen LogP contribution in [0.15, 0.2) is 59.4 Å². The van der Waals surface area contributed by atoms with Crippen LogP contribution in [0.25, 0.3) is 0 Å². The second kappa shape index (κ2) is 9.32. The number of nitrogens with zero attached hydrogens (tertiary/aromatic N) is 2. The highest BCUT2D eigenvalue weighted by Gasteiger charge is 2.33. The number of aromatic amines is 1. The Morgan fingerprint density at radius 3 is 2.62 bits per heavy atom. The Morgan fingerprint density at radius 2 is 1.91 bits per heavy atom. The fourth-order valence-corrected chi connectivity index (χ4v) is 4.19. The lowest BCUT2D eigenvalue weighted by Gasteiger charge is -2.18. The van der Waals surface area contributed by atoms with Gasteiger partial charge in [-0.25, -0.2) is 9.37 Å². The van der Waals surface area contributed by atoms with E-state index in [1.807, 2.05) is 25.2 Å². The number of hydrogen-bond acceptors (Lipinski definition) is 5. The predicted molar refractivity (Wildman–Crippen MR) is 118 cm³/mol. The topological polar surface area (TPSA) is 98.3 Å². The molecule has 1 aliphatic rings. The molecule has 7 nitrogen and oxygen atoms in total. The number of aromatic hydroxyl groups is 1. The van der Waals surface area contributed by atoms with Crippen LogP contribution in [0.1, 0.15) is 39.9 Å². The highest BCUT2D eigenvalue weighted by molar-refractivity contribution is 5.94. The SMILES string of the molecule is CN1CC(Cc2ccccc2)CC1c1nc(C(=O)NCc2ccc(F)cc2)c(O)c(=O)[nH]1. The maximum atomic E-state index is 13.0.